The zero-order valence-electron chi connectivity index (χ0n) is 16.1. The standard InChI is InChI=1S/C20H26N2O4S/c1-14(2)22(4)13-17-8-6-5-7-16(17)12-21-27(25,26)18-10-9-15(3)19(11-18)20(23)24/h5-11,14,21H,12-13H2,1-4H3,(H,23,24). The largest absolute Gasteiger partial charge is 0.478 e. The summed E-state index contributed by atoms with van der Waals surface area (Å²) in [5.74, 6) is -1.15. The number of aromatic carboxylic acids is 1. The third-order valence-corrected chi connectivity index (χ3v) is 6.02. The van der Waals surface area contributed by atoms with Gasteiger partial charge in [-0.15, -0.1) is 0 Å². The molecule has 2 N–H and O–H groups in total. The lowest BCUT2D eigenvalue weighted by molar-refractivity contribution is 0.0696. The fourth-order valence-electron chi connectivity index (χ4n) is 2.59. The first kappa shape index (κ1) is 21.1. The molecule has 0 atom stereocenters. The van der Waals surface area contributed by atoms with E-state index in [0.717, 1.165) is 11.1 Å². The topological polar surface area (TPSA) is 86.7 Å². The number of hydrogen-bond donors (Lipinski definition) is 2. The van der Waals surface area contributed by atoms with Crippen molar-refractivity contribution in [2.75, 3.05) is 7.05 Å². The molecule has 2 rings (SSSR count). The molecule has 0 aliphatic rings. The summed E-state index contributed by atoms with van der Waals surface area (Å²) < 4.78 is 27.8. The highest BCUT2D eigenvalue weighted by Gasteiger charge is 2.18. The van der Waals surface area contributed by atoms with E-state index in [1.54, 1.807) is 6.92 Å². The molecule has 0 unspecified atom stereocenters. The molecule has 0 spiro atoms. The van der Waals surface area contributed by atoms with Gasteiger partial charge in [0, 0.05) is 19.1 Å². The number of rotatable bonds is 8. The molecule has 146 valence electrons. The lowest BCUT2D eigenvalue weighted by Gasteiger charge is -2.22. The van der Waals surface area contributed by atoms with Crippen LogP contribution in [0.15, 0.2) is 47.4 Å². The van der Waals surface area contributed by atoms with Crippen molar-refractivity contribution in [3.63, 3.8) is 0 Å². The third kappa shape index (κ3) is 5.38. The summed E-state index contributed by atoms with van der Waals surface area (Å²) in [5.41, 5.74) is 2.44. The number of benzene rings is 2. The van der Waals surface area contributed by atoms with Gasteiger partial charge in [0.2, 0.25) is 10.0 Å². The van der Waals surface area contributed by atoms with Crippen LogP contribution in [0, 0.1) is 6.92 Å². The number of nitrogens with zero attached hydrogens (tertiary/aromatic N) is 1. The fraction of sp³-hybridized carbons (Fsp3) is 0.350. The van der Waals surface area contributed by atoms with Crippen molar-refractivity contribution < 1.29 is 18.3 Å². The molecule has 7 heteroatoms. The maximum Gasteiger partial charge on any atom is 0.335 e. The molecule has 0 heterocycles. The summed E-state index contributed by atoms with van der Waals surface area (Å²) >= 11 is 0. The highest BCUT2D eigenvalue weighted by atomic mass is 32.2. The molecule has 0 bridgehead atoms. The molecule has 0 saturated heterocycles. The quantitative estimate of drug-likeness (QED) is 0.724. The van der Waals surface area contributed by atoms with Crippen molar-refractivity contribution in [3.8, 4) is 0 Å². The Hall–Kier alpha value is -2.22. The highest BCUT2D eigenvalue weighted by molar-refractivity contribution is 7.89. The van der Waals surface area contributed by atoms with Crippen molar-refractivity contribution >= 4 is 16.0 Å². The maximum absolute atomic E-state index is 12.6. The van der Waals surface area contributed by atoms with E-state index in [-0.39, 0.29) is 17.0 Å². The number of sulfonamides is 1. The molecule has 6 nitrogen and oxygen atoms in total. The Balaban J connectivity index is 2.21. The number of nitrogens with one attached hydrogen (secondary N) is 1. The van der Waals surface area contributed by atoms with Crippen LogP contribution in [0.2, 0.25) is 0 Å². The first-order chi connectivity index (χ1) is 12.6. The van der Waals surface area contributed by atoms with E-state index in [4.69, 9.17) is 0 Å². The van der Waals surface area contributed by atoms with Crippen LogP contribution in [0.4, 0.5) is 0 Å². The molecule has 0 saturated carbocycles. The minimum Gasteiger partial charge on any atom is -0.478 e. The van der Waals surface area contributed by atoms with Gasteiger partial charge in [-0.05, 0) is 56.6 Å². The maximum atomic E-state index is 12.6. The number of carboxylic acids is 1. The number of aryl methyl sites for hydroxylation is 1. The minimum atomic E-state index is -3.82. The zero-order chi connectivity index (χ0) is 20.2. The van der Waals surface area contributed by atoms with Crippen LogP contribution in [0.25, 0.3) is 0 Å². The second-order valence-electron chi connectivity index (χ2n) is 6.88. The van der Waals surface area contributed by atoms with Crippen molar-refractivity contribution in [2.45, 2.75) is 44.8 Å². The molecule has 0 radical (unpaired) electrons. The van der Waals surface area contributed by atoms with Gasteiger partial charge in [0.25, 0.3) is 0 Å². The van der Waals surface area contributed by atoms with E-state index in [1.165, 1.54) is 18.2 Å². The van der Waals surface area contributed by atoms with Crippen LogP contribution in [0.1, 0.15) is 40.9 Å². The number of carbonyl (C=O) groups is 1. The van der Waals surface area contributed by atoms with Crippen LogP contribution in [0.3, 0.4) is 0 Å². The zero-order valence-corrected chi connectivity index (χ0v) is 16.9. The van der Waals surface area contributed by atoms with E-state index in [1.807, 2.05) is 31.3 Å². The van der Waals surface area contributed by atoms with E-state index in [0.29, 0.717) is 18.2 Å². The highest BCUT2D eigenvalue weighted by Crippen LogP contribution is 2.17. The van der Waals surface area contributed by atoms with Gasteiger partial charge in [0.1, 0.15) is 0 Å². The van der Waals surface area contributed by atoms with Crippen molar-refractivity contribution in [2.24, 2.45) is 0 Å². The van der Waals surface area contributed by atoms with Crippen LogP contribution in [-0.4, -0.2) is 37.5 Å². The molecule has 0 fully saturated rings. The summed E-state index contributed by atoms with van der Waals surface area (Å²) in [7, 11) is -1.80. The van der Waals surface area contributed by atoms with Gasteiger partial charge in [-0.2, -0.15) is 0 Å². The van der Waals surface area contributed by atoms with E-state index < -0.39 is 16.0 Å². The van der Waals surface area contributed by atoms with Gasteiger partial charge < -0.3 is 5.11 Å². The van der Waals surface area contributed by atoms with Crippen LogP contribution >= 0.6 is 0 Å². The van der Waals surface area contributed by atoms with Crippen molar-refractivity contribution in [1.82, 2.24) is 9.62 Å². The van der Waals surface area contributed by atoms with E-state index in [2.05, 4.69) is 23.5 Å². The number of carboxylic acid groups (broad SMARTS) is 1. The Bertz CT molecular complexity index is 923. The Morgan fingerprint density at radius 3 is 2.37 bits per heavy atom. The first-order valence-corrected chi connectivity index (χ1v) is 10.2. The van der Waals surface area contributed by atoms with Gasteiger partial charge in [-0.3, -0.25) is 4.90 Å². The normalized spacial score (nSPS) is 11.9. The Labute approximate surface area is 160 Å². The lowest BCUT2D eigenvalue weighted by Crippen LogP contribution is -2.28. The SMILES string of the molecule is Cc1ccc(S(=O)(=O)NCc2ccccc2CN(C)C(C)C)cc1C(=O)O. The van der Waals surface area contributed by atoms with E-state index >= 15 is 0 Å². The minimum absolute atomic E-state index is 0.0168. The molecule has 2 aromatic rings. The van der Waals surface area contributed by atoms with Gasteiger partial charge in [0.05, 0.1) is 10.5 Å². The van der Waals surface area contributed by atoms with Crippen molar-refractivity contribution in [1.29, 1.82) is 0 Å². The van der Waals surface area contributed by atoms with Crippen LogP contribution in [0.5, 0.6) is 0 Å². The third-order valence-electron chi connectivity index (χ3n) is 4.62. The van der Waals surface area contributed by atoms with Gasteiger partial charge in [0.15, 0.2) is 0 Å². The summed E-state index contributed by atoms with van der Waals surface area (Å²) in [6, 6.07) is 12.2. The molecule has 27 heavy (non-hydrogen) atoms. The monoisotopic (exact) mass is 390 g/mol. The molecule has 0 aliphatic carbocycles. The van der Waals surface area contributed by atoms with Crippen LogP contribution in [-0.2, 0) is 23.1 Å². The molecular formula is C20H26N2O4S. The predicted molar refractivity (Wildman–Crippen MR) is 105 cm³/mol. The molecule has 0 aliphatic heterocycles. The fourth-order valence-corrected chi connectivity index (χ4v) is 3.62. The Morgan fingerprint density at radius 2 is 1.78 bits per heavy atom. The second kappa shape index (κ2) is 8.65. The Morgan fingerprint density at radius 1 is 1.15 bits per heavy atom. The average Bonchev–Trinajstić information content (AvgIpc) is 2.60. The summed E-state index contributed by atoms with van der Waals surface area (Å²) in [4.78, 5) is 13.4. The smallest absolute Gasteiger partial charge is 0.335 e. The molecule has 0 amide bonds. The van der Waals surface area contributed by atoms with Crippen molar-refractivity contribution in [3.05, 3.63) is 64.7 Å². The second-order valence-corrected chi connectivity index (χ2v) is 8.65. The molecular weight excluding hydrogens is 364 g/mol. The Kier molecular flexibility index (Phi) is 6.75. The summed E-state index contributed by atoms with van der Waals surface area (Å²) in [6.45, 7) is 6.68. The van der Waals surface area contributed by atoms with Gasteiger partial charge >= 0.3 is 5.97 Å². The summed E-state index contributed by atoms with van der Waals surface area (Å²) in [6.07, 6.45) is 0. The van der Waals surface area contributed by atoms with Crippen LogP contribution < -0.4 is 4.72 Å². The van der Waals surface area contributed by atoms with Gasteiger partial charge in [-0.1, -0.05) is 30.3 Å². The van der Waals surface area contributed by atoms with Gasteiger partial charge in [-0.25, -0.2) is 17.9 Å². The predicted octanol–water partition coefficient (Wildman–Crippen LogP) is 3.01. The molecule has 2 aromatic carbocycles. The average molecular weight is 391 g/mol. The number of hydrogen-bond acceptors (Lipinski definition) is 4. The lowest BCUT2D eigenvalue weighted by atomic mass is 10.1. The summed E-state index contributed by atoms with van der Waals surface area (Å²) in [5, 5.41) is 9.21. The van der Waals surface area contributed by atoms with E-state index in [9.17, 15) is 18.3 Å². The first-order valence-electron chi connectivity index (χ1n) is 8.72. The molecule has 0 aromatic heterocycles.